The number of benzene rings is 2. The highest BCUT2D eigenvalue weighted by Crippen LogP contribution is 2.54. The van der Waals surface area contributed by atoms with Gasteiger partial charge in [-0.1, -0.05) is 50.2 Å². The van der Waals surface area contributed by atoms with Crippen LogP contribution in [0.15, 0.2) is 42.5 Å². The molecule has 0 spiro atoms. The van der Waals surface area contributed by atoms with Gasteiger partial charge in [0.15, 0.2) is 0 Å². The van der Waals surface area contributed by atoms with Crippen molar-refractivity contribution in [2.45, 2.75) is 84.0 Å². The van der Waals surface area contributed by atoms with Gasteiger partial charge >= 0.3 is 5.97 Å². The van der Waals surface area contributed by atoms with Crippen LogP contribution in [0.5, 0.6) is 11.5 Å². The zero-order valence-electron chi connectivity index (χ0n) is 21.0. The Morgan fingerprint density at radius 1 is 1.18 bits per heavy atom. The molecule has 2 aliphatic heterocycles. The third kappa shape index (κ3) is 4.68. The largest absolute Gasteiger partial charge is 0.494 e. The summed E-state index contributed by atoms with van der Waals surface area (Å²) in [6.45, 7) is 11.1. The molecule has 1 saturated heterocycles. The molecular weight excluding hydrogens is 428 g/mol. The van der Waals surface area contributed by atoms with Crippen LogP contribution in [0, 0.1) is 11.8 Å². The van der Waals surface area contributed by atoms with E-state index in [9.17, 15) is 9.90 Å². The maximum Gasteiger partial charge on any atom is 0.309 e. The van der Waals surface area contributed by atoms with Gasteiger partial charge in [0, 0.05) is 11.5 Å². The zero-order valence-corrected chi connectivity index (χ0v) is 21.0. The molecule has 0 bridgehead atoms. The fourth-order valence-electron chi connectivity index (χ4n) is 5.56. The Labute approximate surface area is 203 Å². The van der Waals surface area contributed by atoms with Crippen molar-refractivity contribution in [3.8, 4) is 11.5 Å². The summed E-state index contributed by atoms with van der Waals surface area (Å²) in [5.41, 5.74) is 2.84. The Hall–Kier alpha value is -2.53. The van der Waals surface area contributed by atoms with Gasteiger partial charge in [-0.3, -0.25) is 4.79 Å². The van der Waals surface area contributed by atoms with Gasteiger partial charge in [0.1, 0.15) is 17.1 Å². The second-order valence-electron chi connectivity index (χ2n) is 10.2. The molecule has 4 rings (SSSR count). The van der Waals surface area contributed by atoms with Crippen LogP contribution in [0.4, 0.5) is 0 Å². The molecular formula is C29H38O5. The van der Waals surface area contributed by atoms with Crippen LogP contribution in [0.25, 0.3) is 0 Å². The number of carbonyl (C=O) groups is 1. The van der Waals surface area contributed by atoms with Crippen molar-refractivity contribution in [3.63, 3.8) is 0 Å². The maximum absolute atomic E-state index is 12.3. The average Bonchev–Trinajstić information content (AvgIpc) is 2.82. The molecule has 2 heterocycles. The van der Waals surface area contributed by atoms with Crippen LogP contribution in [0.1, 0.15) is 82.6 Å². The zero-order chi connectivity index (χ0) is 24.5. The van der Waals surface area contributed by atoms with E-state index in [-0.39, 0.29) is 18.1 Å². The molecule has 2 aliphatic rings. The van der Waals surface area contributed by atoms with Gasteiger partial charge in [-0.15, -0.1) is 0 Å². The molecule has 1 N–H and O–H groups in total. The predicted octanol–water partition coefficient (Wildman–Crippen LogP) is 6.55. The van der Waals surface area contributed by atoms with Crippen molar-refractivity contribution < 1.29 is 24.1 Å². The number of ether oxygens (including phenoxy) is 3. The standard InChI is InChI=1S/C29H38O5/c1-6-18(3)20-12-10-13-21-26(20)34-29(4,5)23-17-22(28(30)31)25(33-27(21)23)16-15-19-11-8-9-14-24(19)32-7-2/h8-14,18,22-23,25,27H,6-7,15-17H2,1-5H3,(H,30,31)/t18-,22-,23-,25-,27+/m0/s1. The molecule has 34 heavy (non-hydrogen) atoms. The van der Waals surface area contributed by atoms with Gasteiger partial charge in [0.25, 0.3) is 0 Å². The molecule has 5 nitrogen and oxygen atoms in total. The molecule has 2 aromatic carbocycles. The maximum atomic E-state index is 12.3. The minimum atomic E-state index is -0.795. The number of aliphatic carboxylic acids is 1. The minimum absolute atomic E-state index is 0.0276. The van der Waals surface area contributed by atoms with Crippen molar-refractivity contribution in [1.82, 2.24) is 0 Å². The summed E-state index contributed by atoms with van der Waals surface area (Å²) < 4.78 is 19.1. The van der Waals surface area contributed by atoms with Gasteiger partial charge in [0.05, 0.1) is 24.7 Å². The SMILES string of the molecule is CCOc1ccccc1CC[C@@H]1O[C@@H]2c3cccc([C@@H](C)CC)c3OC(C)(C)[C@H]2C[C@@H]1C(=O)O. The summed E-state index contributed by atoms with van der Waals surface area (Å²) >= 11 is 0. The van der Waals surface area contributed by atoms with E-state index in [0.29, 0.717) is 31.8 Å². The molecule has 5 atom stereocenters. The number of hydrogen-bond acceptors (Lipinski definition) is 4. The van der Waals surface area contributed by atoms with E-state index >= 15 is 0 Å². The highest BCUT2D eigenvalue weighted by molar-refractivity contribution is 5.71. The number of rotatable bonds is 8. The fourth-order valence-corrected chi connectivity index (χ4v) is 5.56. The number of hydrogen-bond donors (Lipinski definition) is 1. The second-order valence-corrected chi connectivity index (χ2v) is 10.2. The second kappa shape index (κ2) is 9.99. The van der Waals surface area contributed by atoms with Crippen LogP contribution in [0.2, 0.25) is 0 Å². The lowest BCUT2D eigenvalue weighted by Gasteiger charge is -2.51. The number of carboxylic acids is 1. The third-order valence-electron chi connectivity index (χ3n) is 7.72. The topological polar surface area (TPSA) is 65.0 Å². The van der Waals surface area contributed by atoms with Crippen molar-refractivity contribution in [1.29, 1.82) is 0 Å². The summed E-state index contributed by atoms with van der Waals surface area (Å²) in [5.74, 6) is 0.779. The van der Waals surface area contributed by atoms with Crippen molar-refractivity contribution in [3.05, 3.63) is 59.2 Å². The van der Waals surface area contributed by atoms with Crippen LogP contribution in [-0.2, 0) is 16.0 Å². The van der Waals surface area contributed by atoms with Crippen LogP contribution >= 0.6 is 0 Å². The molecule has 0 unspecified atom stereocenters. The summed E-state index contributed by atoms with van der Waals surface area (Å²) in [7, 11) is 0. The Morgan fingerprint density at radius 3 is 2.65 bits per heavy atom. The predicted molar refractivity (Wildman–Crippen MR) is 133 cm³/mol. The number of para-hydroxylation sites is 2. The van der Waals surface area contributed by atoms with E-state index in [0.717, 1.165) is 29.0 Å². The third-order valence-corrected chi connectivity index (χ3v) is 7.72. The van der Waals surface area contributed by atoms with Gasteiger partial charge in [-0.25, -0.2) is 0 Å². The van der Waals surface area contributed by atoms with Gasteiger partial charge < -0.3 is 19.3 Å². The molecule has 1 fully saturated rings. The Morgan fingerprint density at radius 2 is 1.94 bits per heavy atom. The molecule has 0 radical (unpaired) electrons. The van der Waals surface area contributed by atoms with Crippen molar-refractivity contribution in [2.24, 2.45) is 11.8 Å². The quantitative estimate of drug-likeness (QED) is 0.478. The number of carboxylic acid groups (broad SMARTS) is 1. The molecule has 0 aromatic heterocycles. The smallest absolute Gasteiger partial charge is 0.309 e. The Balaban J connectivity index is 1.65. The van der Waals surface area contributed by atoms with E-state index in [4.69, 9.17) is 14.2 Å². The van der Waals surface area contributed by atoms with E-state index < -0.39 is 17.5 Å². The first-order valence-corrected chi connectivity index (χ1v) is 12.7. The van der Waals surface area contributed by atoms with E-state index in [1.807, 2.05) is 25.1 Å². The lowest BCUT2D eigenvalue weighted by Crippen LogP contribution is -2.52. The van der Waals surface area contributed by atoms with E-state index in [2.05, 4.69) is 52.0 Å². The Bertz CT molecular complexity index is 1010. The number of aryl methyl sites for hydroxylation is 1. The fraction of sp³-hybridized carbons (Fsp3) is 0.552. The molecule has 0 amide bonds. The molecule has 0 saturated carbocycles. The monoisotopic (exact) mass is 466 g/mol. The van der Waals surface area contributed by atoms with Crippen LogP contribution < -0.4 is 9.47 Å². The normalized spacial score (nSPS) is 26.0. The molecule has 2 aromatic rings. The summed E-state index contributed by atoms with van der Waals surface area (Å²) in [5, 5.41) is 10.1. The number of fused-ring (bicyclic) bond motifs is 3. The van der Waals surface area contributed by atoms with Gasteiger partial charge in [-0.2, -0.15) is 0 Å². The van der Waals surface area contributed by atoms with Gasteiger partial charge in [-0.05, 0) is 69.6 Å². The minimum Gasteiger partial charge on any atom is -0.494 e. The Kier molecular flexibility index (Phi) is 7.22. The van der Waals surface area contributed by atoms with E-state index in [1.165, 1.54) is 5.56 Å². The summed E-state index contributed by atoms with van der Waals surface area (Å²) in [6, 6.07) is 14.3. The molecule has 184 valence electrons. The molecule has 5 heteroatoms. The van der Waals surface area contributed by atoms with Crippen molar-refractivity contribution >= 4 is 5.97 Å². The lowest BCUT2D eigenvalue weighted by atomic mass is 9.70. The first-order chi connectivity index (χ1) is 16.3. The van der Waals surface area contributed by atoms with Gasteiger partial charge in [0.2, 0.25) is 0 Å². The van der Waals surface area contributed by atoms with Crippen molar-refractivity contribution in [2.75, 3.05) is 6.61 Å². The van der Waals surface area contributed by atoms with Crippen LogP contribution in [0.3, 0.4) is 0 Å². The highest BCUT2D eigenvalue weighted by Gasteiger charge is 2.52. The first kappa shape index (κ1) is 24.6. The summed E-state index contributed by atoms with van der Waals surface area (Å²) in [6.07, 6.45) is 2.36. The van der Waals surface area contributed by atoms with E-state index in [1.54, 1.807) is 0 Å². The lowest BCUT2D eigenvalue weighted by molar-refractivity contribution is -0.188. The summed E-state index contributed by atoms with van der Waals surface area (Å²) in [4.78, 5) is 12.3. The molecule has 0 aliphatic carbocycles. The van der Waals surface area contributed by atoms with Crippen LogP contribution in [-0.4, -0.2) is 29.4 Å². The first-order valence-electron chi connectivity index (χ1n) is 12.7. The highest BCUT2D eigenvalue weighted by atomic mass is 16.5. The average molecular weight is 467 g/mol.